The van der Waals surface area contributed by atoms with Crippen LogP contribution in [-0.2, 0) is 14.3 Å². The van der Waals surface area contributed by atoms with E-state index >= 15 is 0 Å². The largest absolute Gasteiger partial charge is 0.479 e. The minimum absolute atomic E-state index is 0.0329. The smallest absolute Gasteiger partial charge is 0.334 e. The molecule has 1 aliphatic rings. The minimum Gasteiger partial charge on any atom is -0.479 e. The Balaban J connectivity index is 1.83. The lowest BCUT2D eigenvalue weighted by atomic mass is 10.2. The van der Waals surface area contributed by atoms with Gasteiger partial charge in [-0.2, -0.15) is 0 Å². The number of aryl methyl sites for hydroxylation is 1. The SMILES string of the molecule is Cc1nnc(NC(=O)CN2CCOC(C(=O)O)C2)o1. The molecule has 0 bridgehead atoms. The number of nitrogens with one attached hydrogen (secondary N) is 1. The van der Waals surface area contributed by atoms with Crippen molar-refractivity contribution in [3.05, 3.63) is 5.89 Å². The van der Waals surface area contributed by atoms with Crippen LogP contribution in [0.5, 0.6) is 0 Å². The third-order valence-electron chi connectivity index (χ3n) is 2.57. The van der Waals surface area contributed by atoms with Crippen LogP contribution < -0.4 is 5.32 Å². The van der Waals surface area contributed by atoms with Gasteiger partial charge in [0.15, 0.2) is 6.10 Å². The van der Waals surface area contributed by atoms with Crippen LogP contribution in [-0.4, -0.2) is 64.4 Å². The lowest BCUT2D eigenvalue weighted by Gasteiger charge is -2.29. The number of carbonyl (C=O) groups excluding carboxylic acids is 1. The van der Waals surface area contributed by atoms with Gasteiger partial charge in [0.1, 0.15) is 0 Å². The van der Waals surface area contributed by atoms with Crippen molar-refractivity contribution in [3.8, 4) is 0 Å². The maximum atomic E-state index is 11.7. The van der Waals surface area contributed by atoms with E-state index in [1.54, 1.807) is 11.8 Å². The molecule has 1 aromatic heterocycles. The molecule has 0 saturated carbocycles. The highest BCUT2D eigenvalue weighted by Crippen LogP contribution is 2.07. The molecule has 1 atom stereocenters. The van der Waals surface area contributed by atoms with Crippen LogP contribution in [0.4, 0.5) is 6.01 Å². The second-order valence-electron chi connectivity index (χ2n) is 4.11. The van der Waals surface area contributed by atoms with Crippen molar-refractivity contribution in [2.45, 2.75) is 13.0 Å². The summed E-state index contributed by atoms with van der Waals surface area (Å²) in [7, 11) is 0. The molecule has 0 radical (unpaired) electrons. The molecule has 1 fully saturated rings. The highest BCUT2D eigenvalue weighted by molar-refractivity contribution is 5.90. The molecule has 1 aromatic rings. The maximum absolute atomic E-state index is 11.7. The summed E-state index contributed by atoms with van der Waals surface area (Å²) in [6.45, 7) is 2.62. The fraction of sp³-hybridized carbons (Fsp3) is 0.600. The number of amides is 1. The second-order valence-corrected chi connectivity index (χ2v) is 4.11. The Bertz CT molecular complexity index is 474. The second kappa shape index (κ2) is 5.76. The summed E-state index contributed by atoms with van der Waals surface area (Å²) in [5.41, 5.74) is 0. The number of anilines is 1. The zero-order chi connectivity index (χ0) is 13.8. The van der Waals surface area contributed by atoms with E-state index in [0.717, 1.165) is 0 Å². The van der Waals surface area contributed by atoms with Gasteiger partial charge in [0.2, 0.25) is 11.8 Å². The summed E-state index contributed by atoms with van der Waals surface area (Å²) >= 11 is 0. The van der Waals surface area contributed by atoms with Crippen molar-refractivity contribution in [1.29, 1.82) is 0 Å². The van der Waals surface area contributed by atoms with Gasteiger partial charge in [0, 0.05) is 20.0 Å². The molecule has 1 amide bonds. The Morgan fingerprint density at radius 2 is 2.32 bits per heavy atom. The number of carboxylic acids is 1. The average Bonchev–Trinajstić information content (AvgIpc) is 2.74. The molecule has 9 heteroatoms. The number of ether oxygens (including phenoxy) is 1. The molecule has 19 heavy (non-hydrogen) atoms. The Labute approximate surface area is 108 Å². The normalized spacial score (nSPS) is 20.2. The third kappa shape index (κ3) is 3.73. The number of nitrogens with zero attached hydrogens (tertiary/aromatic N) is 3. The van der Waals surface area contributed by atoms with E-state index in [4.69, 9.17) is 14.3 Å². The molecule has 9 nitrogen and oxygen atoms in total. The van der Waals surface area contributed by atoms with Crippen molar-refractivity contribution in [3.63, 3.8) is 0 Å². The monoisotopic (exact) mass is 270 g/mol. The van der Waals surface area contributed by atoms with Gasteiger partial charge in [-0.05, 0) is 0 Å². The summed E-state index contributed by atoms with van der Waals surface area (Å²) in [6, 6.07) is 0.0329. The minimum atomic E-state index is -1.03. The van der Waals surface area contributed by atoms with Gasteiger partial charge in [-0.3, -0.25) is 15.0 Å². The maximum Gasteiger partial charge on any atom is 0.334 e. The molecule has 1 saturated heterocycles. The fourth-order valence-electron chi connectivity index (χ4n) is 1.70. The van der Waals surface area contributed by atoms with Crippen LogP contribution in [0.25, 0.3) is 0 Å². The molecule has 0 aliphatic carbocycles. The fourth-order valence-corrected chi connectivity index (χ4v) is 1.70. The number of aliphatic carboxylic acids is 1. The molecule has 2 heterocycles. The number of morpholine rings is 1. The average molecular weight is 270 g/mol. The Morgan fingerprint density at radius 1 is 1.53 bits per heavy atom. The number of hydrogen-bond acceptors (Lipinski definition) is 7. The number of hydrogen-bond donors (Lipinski definition) is 2. The van der Waals surface area contributed by atoms with Crippen LogP contribution in [0.2, 0.25) is 0 Å². The van der Waals surface area contributed by atoms with E-state index in [2.05, 4.69) is 15.5 Å². The van der Waals surface area contributed by atoms with Crippen LogP contribution in [0.3, 0.4) is 0 Å². The summed E-state index contributed by atoms with van der Waals surface area (Å²) in [5, 5.41) is 18.5. The van der Waals surface area contributed by atoms with E-state index in [1.807, 2.05) is 0 Å². The predicted molar refractivity (Wildman–Crippen MR) is 61.5 cm³/mol. The van der Waals surface area contributed by atoms with Gasteiger partial charge in [-0.25, -0.2) is 4.79 Å². The standard InChI is InChI=1S/C10H14N4O5/c1-6-12-13-10(19-6)11-8(15)5-14-2-3-18-7(4-14)9(16)17/h7H,2-5H2,1H3,(H,16,17)(H,11,13,15). The summed E-state index contributed by atoms with van der Waals surface area (Å²) in [6.07, 6.45) is -0.896. The van der Waals surface area contributed by atoms with Crippen LogP contribution >= 0.6 is 0 Å². The number of aromatic nitrogens is 2. The number of carbonyl (C=O) groups is 2. The van der Waals surface area contributed by atoms with Crippen molar-refractivity contribution < 1.29 is 23.8 Å². The van der Waals surface area contributed by atoms with E-state index in [-0.39, 0.29) is 31.6 Å². The molecular weight excluding hydrogens is 256 g/mol. The molecule has 0 aromatic carbocycles. The Hall–Kier alpha value is -2.00. The van der Waals surface area contributed by atoms with Gasteiger partial charge >= 0.3 is 12.0 Å². The Kier molecular flexibility index (Phi) is 4.07. The lowest BCUT2D eigenvalue weighted by Crippen LogP contribution is -2.48. The first-order chi connectivity index (χ1) is 9.04. The summed E-state index contributed by atoms with van der Waals surface area (Å²) < 4.78 is 10.1. The summed E-state index contributed by atoms with van der Waals surface area (Å²) in [4.78, 5) is 24.2. The molecule has 104 valence electrons. The van der Waals surface area contributed by atoms with Crippen molar-refractivity contribution in [2.24, 2.45) is 0 Å². The van der Waals surface area contributed by atoms with Gasteiger partial charge in [0.25, 0.3) is 0 Å². The molecule has 1 unspecified atom stereocenters. The molecule has 1 aliphatic heterocycles. The first kappa shape index (κ1) is 13.4. The van der Waals surface area contributed by atoms with Gasteiger partial charge in [0.05, 0.1) is 13.2 Å². The van der Waals surface area contributed by atoms with E-state index in [9.17, 15) is 9.59 Å². The first-order valence-electron chi connectivity index (χ1n) is 5.71. The molecule has 0 spiro atoms. The number of carboxylic acid groups (broad SMARTS) is 1. The topological polar surface area (TPSA) is 118 Å². The lowest BCUT2D eigenvalue weighted by molar-refractivity contribution is -0.156. The van der Waals surface area contributed by atoms with Crippen LogP contribution in [0.1, 0.15) is 5.89 Å². The van der Waals surface area contributed by atoms with Gasteiger partial charge in [-0.15, -0.1) is 5.10 Å². The van der Waals surface area contributed by atoms with Crippen molar-refractivity contribution in [2.75, 3.05) is 31.6 Å². The molecule has 2 rings (SSSR count). The highest BCUT2D eigenvalue weighted by atomic mass is 16.5. The molecular formula is C10H14N4O5. The van der Waals surface area contributed by atoms with Crippen LogP contribution in [0.15, 0.2) is 4.42 Å². The first-order valence-corrected chi connectivity index (χ1v) is 5.71. The zero-order valence-electron chi connectivity index (χ0n) is 10.3. The van der Waals surface area contributed by atoms with Crippen LogP contribution in [0, 0.1) is 6.92 Å². The predicted octanol–water partition coefficient (Wildman–Crippen LogP) is -0.898. The number of rotatable bonds is 4. The van der Waals surface area contributed by atoms with Gasteiger partial charge in [-0.1, -0.05) is 5.10 Å². The summed E-state index contributed by atoms with van der Waals surface area (Å²) in [5.74, 6) is -1.01. The molecule has 2 N–H and O–H groups in total. The quantitative estimate of drug-likeness (QED) is 0.722. The Morgan fingerprint density at radius 3 is 2.95 bits per heavy atom. The zero-order valence-corrected chi connectivity index (χ0v) is 10.3. The van der Waals surface area contributed by atoms with Crippen molar-refractivity contribution in [1.82, 2.24) is 15.1 Å². The van der Waals surface area contributed by atoms with E-state index in [1.165, 1.54) is 0 Å². The van der Waals surface area contributed by atoms with E-state index in [0.29, 0.717) is 12.4 Å². The van der Waals surface area contributed by atoms with Crippen molar-refractivity contribution >= 4 is 17.9 Å². The third-order valence-corrected chi connectivity index (χ3v) is 2.57. The highest BCUT2D eigenvalue weighted by Gasteiger charge is 2.27. The van der Waals surface area contributed by atoms with Gasteiger partial charge < -0.3 is 14.3 Å². The van der Waals surface area contributed by atoms with E-state index < -0.39 is 12.1 Å².